The van der Waals surface area contributed by atoms with Gasteiger partial charge in [0, 0.05) is 25.1 Å². The zero-order valence-corrected chi connectivity index (χ0v) is 14.4. The highest BCUT2D eigenvalue weighted by Gasteiger charge is 2.30. The molecule has 1 aliphatic rings. The molecule has 2 rings (SSSR count). The van der Waals surface area contributed by atoms with Crippen molar-refractivity contribution in [3.8, 4) is 0 Å². The van der Waals surface area contributed by atoms with Gasteiger partial charge in [-0.25, -0.2) is 12.8 Å². The fraction of sp³-hybridized carbons (Fsp3) is 0.500. The SMILES string of the molecule is O=C(O)C(CC(=O)N1CCOCC1)CS(=O)(=O)Cc1ccccc1F. The average molecular weight is 373 g/mol. The molecule has 0 saturated carbocycles. The summed E-state index contributed by atoms with van der Waals surface area (Å²) < 4.78 is 43.2. The van der Waals surface area contributed by atoms with Gasteiger partial charge in [0.25, 0.3) is 0 Å². The number of benzene rings is 1. The highest BCUT2D eigenvalue weighted by Crippen LogP contribution is 2.17. The second kappa shape index (κ2) is 8.39. The largest absolute Gasteiger partial charge is 0.481 e. The van der Waals surface area contributed by atoms with Crippen molar-refractivity contribution in [1.82, 2.24) is 4.90 Å². The summed E-state index contributed by atoms with van der Waals surface area (Å²) in [5.41, 5.74) is -0.0221. The van der Waals surface area contributed by atoms with Gasteiger partial charge in [-0.1, -0.05) is 18.2 Å². The Kier molecular flexibility index (Phi) is 6.49. The average Bonchev–Trinajstić information content (AvgIpc) is 2.56. The molecular weight excluding hydrogens is 353 g/mol. The van der Waals surface area contributed by atoms with E-state index in [1.165, 1.54) is 23.1 Å². The standard InChI is InChI=1S/C16H20FNO6S/c17-14-4-2-1-3-12(14)10-25(22,23)11-13(16(20)21)9-15(19)18-5-7-24-8-6-18/h1-4,13H,5-11H2,(H,20,21). The lowest BCUT2D eigenvalue weighted by Crippen LogP contribution is -2.42. The Morgan fingerprint density at radius 2 is 1.88 bits per heavy atom. The number of carbonyl (C=O) groups is 2. The zero-order valence-electron chi connectivity index (χ0n) is 13.6. The maximum absolute atomic E-state index is 13.6. The molecule has 1 aromatic rings. The van der Waals surface area contributed by atoms with Gasteiger partial charge in [0.05, 0.1) is 30.6 Å². The summed E-state index contributed by atoms with van der Waals surface area (Å²) in [5, 5.41) is 9.27. The Labute approximate surface area is 145 Å². The number of aliphatic carboxylic acids is 1. The first-order chi connectivity index (χ1) is 11.8. The molecule has 0 aliphatic carbocycles. The van der Waals surface area contributed by atoms with E-state index in [-0.39, 0.29) is 5.56 Å². The highest BCUT2D eigenvalue weighted by molar-refractivity contribution is 7.90. The van der Waals surface area contributed by atoms with Crippen LogP contribution in [0.15, 0.2) is 24.3 Å². The smallest absolute Gasteiger partial charge is 0.308 e. The number of carboxylic acids is 1. The van der Waals surface area contributed by atoms with E-state index in [9.17, 15) is 27.5 Å². The van der Waals surface area contributed by atoms with Crippen molar-refractivity contribution in [3.05, 3.63) is 35.6 Å². The third-order valence-corrected chi connectivity index (χ3v) is 5.58. The van der Waals surface area contributed by atoms with Crippen LogP contribution >= 0.6 is 0 Å². The van der Waals surface area contributed by atoms with Crippen molar-refractivity contribution >= 4 is 21.7 Å². The van der Waals surface area contributed by atoms with E-state index in [2.05, 4.69) is 0 Å². The molecular formula is C16H20FNO6S. The molecule has 0 bridgehead atoms. The molecule has 1 saturated heterocycles. The second-order valence-corrected chi connectivity index (χ2v) is 7.99. The molecule has 0 spiro atoms. The molecule has 1 heterocycles. The first-order valence-corrected chi connectivity index (χ1v) is 9.63. The normalized spacial score (nSPS) is 16.4. The number of sulfone groups is 1. The first kappa shape index (κ1) is 19.3. The van der Waals surface area contributed by atoms with Crippen molar-refractivity contribution < 1.29 is 32.2 Å². The van der Waals surface area contributed by atoms with E-state index in [1.807, 2.05) is 0 Å². The van der Waals surface area contributed by atoms with Crippen molar-refractivity contribution in [2.75, 3.05) is 32.1 Å². The van der Waals surface area contributed by atoms with Gasteiger partial charge >= 0.3 is 5.97 Å². The van der Waals surface area contributed by atoms with Gasteiger partial charge in [0.2, 0.25) is 5.91 Å². The van der Waals surface area contributed by atoms with Crippen molar-refractivity contribution in [2.24, 2.45) is 5.92 Å². The number of morpholine rings is 1. The Morgan fingerprint density at radius 1 is 1.24 bits per heavy atom. The van der Waals surface area contributed by atoms with Crippen LogP contribution in [0.25, 0.3) is 0 Å². The summed E-state index contributed by atoms with van der Waals surface area (Å²) in [6.07, 6.45) is -0.411. The van der Waals surface area contributed by atoms with Crippen LogP contribution in [0, 0.1) is 11.7 Å². The minimum Gasteiger partial charge on any atom is -0.481 e. The third-order valence-electron chi connectivity index (χ3n) is 3.92. The fourth-order valence-electron chi connectivity index (χ4n) is 2.59. The van der Waals surface area contributed by atoms with Crippen LogP contribution in [0.4, 0.5) is 4.39 Å². The number of hydrogen-bond acceptors (Lipinski definition) is 5. The summed E-state index contributed by atoms with van der Waals surface area (Å²) in [7, 11) is -3.89. The van der Waals surface area contributed by atoms with Crippen molar-refractivity contribution in [1.29, 1.82) is 0 Å². The summed E-state index contributed by atoms with van der Waals surface area (Å²) in [6, 6.07) is 5.42. The van der Waals surface area contributed by atoms with Crippen LogP contribution in [0.3, 0.4) is 0 Å². The Balaban J connectivity index is 2.03. The minimum absolute atomic E-state index is 0.0221. The van der Waals surface area contributed by atoms with Crippen LogP contribution in [0.1, 0.15) is 12.0 Å². The molecule has 1 aliphatic heterocycles. The Bertz CT molecular complexity index is 730. The number of halogens is 1. The molecule has 1 atom stereocenters. The van der Waals surface area contributed by atoms with Gasteiger partial charge in [-0.3, -0.25) is 9.59 Å². The predicted molar refractivity (Wildman–Crippen MR) is 87.0 cm³/mol. The van der Waals surface area contributed by atoms with Crippen LogP contribution < -0.4 is 0 Å². The number of hydrogen-bond donors (Lipinski definition) is 1. The zero-order chi connectivity index (χ0) is 18.4. The lowest BCUT2D eigenvalue weighted by atomic mass is 10.1. The number of carboxylic acid groups (broad SMARTS) is 1. The van der Waals surface area contributed by atoms with Gasteiger partial charge < -0.3 is 14.7 Å². The molecule has 1 fully saturated rings. The van der Waals surface area contributed by atoms with E-state index >= 15 is 0 Å². The minimum atomic E-state index is -3.89. The van der Waals surface area contributed by atoms with E-state index in [4.69, 9.17) is 4.74 Å². The quantitative estimate of drug-likeness (QED) is 0.755. The molecule has 1 amide bonds. The van der Waals surface area contributed by atoms with Crippen molar-refractivity contribution in [3.63, 3.8) is 0 Å². The molecule has 0 aromatic heterocycles. The van der Waals surface area contributed by atoms with Gasteiger partial charge in [-0.15, -0.1) is 0 Å². The van der Waals surface area contributed by atoms with Gasteiger partial charge in [0.15, 0.2) is 9.84 Å². The van der Waals surface area contributed by atoms with E-state index in [0.717, 1.165) is 6.07 Å². The predicted octanol–water partition coefficient (Wildman–Crippen LogP) is 0.690. The molecule has 7 nitrogen and oxygen atoms in total. The molecule has 25 heavy (non-hydrogen) atoms. The number of amides is 1. The molecule has 9 heteroatoms. The van der Waals surface area contributed by atoms with Crippen LogP contribution in [-0.4, -0.2) is 62.4 Å². The van der Waals surface area contributed by atoms with Crippen molar-refractivity contribution in [2.45, 2.75) is 12.2 Å². The third kappa shape index (κ3) is 5.79. The number of rotatable bonds is 7. The molecule has 1 unspecified atom stereocenters. The topological polar surface area (TPSA) is 101 Å². The number of carbonyl (C=O) groups excluding carboxylic acids is 1. The summed E-state index contributed by atoms with van der Waals surface area (Å²) in [6.45, 7) is 1.45. The van der Waals surface area contributed by atoms with Gasteiger partial charge in [-0.2, -0.15) is 0 Å². The number of nitrogens with zero attached hydrogens (tertiary/aromatic N) is 1. The van der Waals surface area contributed by atoms with Crippen LogP contribution in [0.2, 0.25) is 0 Å². The lowest BCUT2D eigenvalue weighted by molar-refractivity contribution is -0.146. The lowest BCUT2D eigenvalue weighted by Gasteiger charge is -2.27. The maximum Gasteiger partial charge on any atom is 0.308 e. The second-order valence-electron chi connectivity index (χ2n) is 5.88. The Hall–Kier alpha value is -2.00. The molecule has 1 N–H and O–H groups in total. The maximum atomic E-state index is 13.6. The summed E-state index contributed by atoms with van der Waals surface area (Å²) in [4.78, 5) is 25.0. The molecule has 138 valence electrons. The summed E-state index contributed by atoms with van der Waals surface area (Å²) >= 11 is 0. The van der Waals surface area contributed by atoms with Gasteiger partial charge in [0.1, 0.15) is 5.82 Å². The monoisotopic (exact) mass is 373 g/mol. The van der Waals surface area contributed by atoms with Gasteiger partial charge in [-0.05, 0) is 6.07 Å². The molecule has 1 aromatic carbocycles. The van der Waals surface area contributed by atoms with E-state index < -0.39 is 51.4 Å². The van der Waals surface area contributed by atoms with E-state index in [0.29, 0.717) is 26.3 Å². The number of ether oxygens (including phenoxy) is 1. The van der Waals surface area contributed by atoms with Crippen LogP contribution in [-0.2, 0) is 29.9 Å². The summed E-state index contributed by atoms with van der Waals surface area (Å²) in [5.74, 6) is -5.13. The fourth-order valence-corrected chi connectivity index (χ4v) is 4.29. The van der Waals surface area contributed by atoms with E-state index in [1.54, 1.807) is 0 Å². The molecule has 0 radical (unpaired) electrons. The first-order valence-electron chi connectivity index (χ1n) is 7.80. The van der Waals surface area contributed by atoms with Crippen LogP contribution in [0.5, 0.6) is 0 Å². The highest BCUT2D eigenvalue weighted by atomic mass is 32.2. The Morgan fingerprint density at radius 3 is 2.48 bits per heavy atom.